The van der Waals surface area contributed by atoms with Crippen LogP contribution in [0.3, 0.4) is 0 Å². The van der Waals surface area contributed by atoms with Gasteiger partial charge in [-0.1, -0.05) is 18.2 Å². The third-order valence-electron chi connectivity index (χ3n) is 4.65. The second-order valence-electron chi connectivity index (χ2n) is 6.74. The molecule has 1 N–H and O–H groups in total. The van der Waals surface area contributed by atoms with Crippen molar-refractivity contribution < 1.29 is 18.0 Å². The molecule has 2 aromatic rings. The first kappa shape index (κ1) is 19.1. The molecule has 3 rings (SSSR count). The van der Waals surface area contributed by atoms with Gasteiger partial charge in [-0.3, -0.25) is 9.59 Å². The summed E-state index contributed by atoms with van der Waals surface area (Å²) >= 11 is 0. The van der Waals surface area contributed by atoms with Crippen molar-refractivity contribution in [3.05, 3.63) is 60.2 Å². The fourth-order valence-electron chi connectivity index (χ4n) is 3.17. The van der Waals surface area contributed by atoms with E-state index < -0.39 is 9.84 Å². The average molecular weight is 386 g/mol. The van der Waals surface area contributed by atoms with Gasteiger partial charge in [0.15, 0.2) is 9.84 Å². The number of rotatable bonds is 4. The number of piperidine rings is 1. The highest BCUT2D eigenvalue weighted by Gasteiger charge is 2.29. The van der Waals surface area contributed by atoms with Crippen LogP contribution in [-0.2, 0) is 14.6 Å². The molecule has 0 aliphatic carbocycles. The number of nitrogens with zero attached hydrogens (tertiary/aromatic N) is 1. The van der Waals surface area contributed by atoms with Gasteiger partial charge in [-0.2, -0.15) is 0 Å². The van der Waals surface area contributed by atoms with Crippen molar-refractivity contribution in [3.63, 3.8) is 0 Å². The van der Waals surface area contributed by atoms with E-state index in [0.717, 1.165) is 24.8 Å². The predicted octanol–water partition coefficient (Wildman–Crippen LogP) is 2.58. The summed E-state index contributed by atoms with van der Waals surface area (Å²) in [6, 6.07) is 15.2. The van der Waals surface area contributed by atoms with Gasteiger partial charge in [0, 0.05) is 30.6 Å². The molecule has 1 heterocycles. The molecule has 1 aliphatic heterocycles. The normalized spacial score (nSPS) is 17.4. The number of anilines is 1. The Balaban J connectivity index is 1.66. The van der Waals surface area contributed by atoms with Gasteiger partial charge in [0.25, 0.3) is 5.91 Å². The van der Waals surface area contributed by atoms with Crippen LogP contribution < -0.4 is 5.32 Å². The van der Waals surface area contributed by atoms with Gasteiger partial charge >= 0.3 is 0 Å². The Bertz CT molecular complexity index is 924. The van der Waals surface area contributed by atoms with E-state index in [9.17, 15) is 18.0 Å². The van der Waals surface area contributed by atoms with Crippen LogP contribution in [0, 0.1) is 5.92 Å². The minimum atomic E-state index is -3.30. The molecule has 0 unspecified atom stereocenters. The molecule has 1 atom stereocenters. The minimum Gasteiger partial charge on any atom is -0.338 e. The first-order valence-corrected chi connectivity index (χ1v) is 10.7. The molecule has 1 saturated heterocycles. The second kappa shape index (κ2) is 7.92. The molecule has 0 spiro atoms. The Morgan fingerprint density at radius 2 is 1.70 bits per heavy atom. The number of carbonyl (C=O) groups is 2. The van der Waals surface area contributed by atoms with Crippen molar-refractivity contribution in [2.24, 2.45) is 5.92 Å². The van der Waals surface area contributed by atoms with Crippen molar-refractivity contribution in [2.45, 2.75) is 17.7 Å². The second-order valence-corrected chi connectivity index (χ2v) is 8.76. The van der Waals surface area contributed by atoms with Gasteiger partial charge in [-0.05, 0) is 49.2 Å². The molecular formula is C20H22N2O4S. The van der Waals surface area contributed by atoms with Crippen LogP contribution in [0.4, 0.5) is 5.69 Å². The van der Waals surface area contributed by atoms with E-state index in [1.807, 2.05) is 30.3 Å². The largest absolute Gasteiger partial charge is 0.338 e. The lowest BCUT2D eigenvalue weighted by Gasteiger charge is -2.32. The molecule has 0 bridgehead atoms. The molecule has 6 nitrogen and oxygen atoms in total. The summed E-state index contributed by atoms with van der Waals surface area (Å²) in [5.74, 6) is -0.545. The molecule has 27 heavy (non-hydrogen) atoms. The third-order valence-corrected chi connectivity index (χ3v) is 5.78. The number of para-hydroxylation sites is 1. The van der Waals surface area contributed by atoms with E-state index in [0.29, 0.717) is 18.7 Å². The SMILES string of the molecule is CS(=O)(=O)c1ccc(C(=O)N2CCC[C@@H](C(=O)Nc3ccccc3)C2)cc1. The summed E-state index contributed by atoms with van der Waals surface area (Å²) < 4.78 is 23.1. The number of carbonyl (C=O) groups excluding carboxylic acids is 2. The zero-order valence-corrected chi connectivity index (χ0v) is 15.9. The lowest BCUT2D eigenvalue weighted by molar-refractivity contribution is -0.121. The molecule has 1 aliphatic rings. The summed E-state index contributed by atoms with van der Waals surface area (Å²) in [6.45, 7) is 0.938. The average Bonchev–Trinajstić information content (AvgIpc) is 2.68. The molecule has 0 radical (unpaired) electrons. The van der Waals surface area contributed by atoms with E-state index in [1.54, 1.807) is 4.90 Å². The van der Waals surface area contributed by atoms with E-state index in [4.69, 9.17) is 0 Å². The molecule has 2 aromatic carbocycles. The lowest BCUT2D eigenvalue weighted by Crippen LogP contribution is -2.43. The van der Waals surface area contributed by atoms with E-state index in [-0.39, 0.29) is 22.6 Å². The Kier molecular flexibility index (Phi) is 5.60. The minimum absolute atomic E-state index is 0.0916. The maximum Gasteiger partial charge on any atom is 0.253 e. The zero-order valence-electron chi connectivity index (χ0n) is 15.1. The quantitative estimate of drug-likeness (QED) is 0.875. The van der Waals surface area contributed by atoms with Gasteiger partial charge in [-0.25, -0.2) is 8.42 Å². The molecule has 7 heteroatoms. The molecule has 0 aromatic heterocycles. The first-order chi connectivity index (χ1) is 12.8. The van der Waals surface area contributed by atoms with Gasteiger partial charge in [0.2, 0.25) is 5.91 Å². The number of likely N-dealkylation sites (tertiary alicyclic amines) is 1. The zero-order chi connectivity index (χ0) is 19.4. The number of amides is 2. The number of nitrogens with one attached hydrogen (secondary N) is 1. The topological polar surface area (TPSA) is 83.6 Å². The lowest BCUT2D eigenvalue weighted by atomic mass is 9.96. The molecule has 142 valence electrons. The first-order valence-electron chi connectivity index (χ1n) is 8.80. The predicted molar refractivity (Wildman–Crippen MR) is 103 cm³/mol. The Labute approximate surface area is 159 Å². The molecule has 2 amide bonds. The van der Waals surface area contributed by atoms with Crippen molar-refractivity contribution in [3.8, 4) is 0 Å². The third kappa shape index (κ3) is 4.74. The van der Waals surface area contributed by atoms with Crippen molar-refractivity contribution >= 4 is 27.3 Å². The van der Waals surface area contributed by atoms with Crippen LogP contribution in [0.25, 0.3) is 0 Å². The number of sulfone groups is 1. The van der Waals surface area contributed by atoms with Gasteiger partial charge in [0.1, 0.15) is 0 Å². The summed E-state index contributed by atoms with van der Waals surface area (Å²) in [6.07, 6.45) is 2.61. The van der Waals surface area contributed by atoms with Crippen molar-refractivity contribution in [2.75, 3.05) is 24.7 Å². The smallest absolute Gasteiger partial charge is 0.253 e. The summed E-state index contributed by atoms with van der Waals surface area (Å²) in [4.78, 5) is 27.1. The van der Waals surface area contributed by atoms with Gasteiger partial charge < -0.3 is 10.2 Å². The van der Waals surface area contributed by atoms with Crippen LogP contribution in [0.15, 0.2) is 59.5 Å². The Hall–Kier alpha value is -2.67. The summed E-state index contributed by atoms with van der Waals surface area (Å²) in [7, 11) is -3.30. The van der Waals surface area contributed by atoms with Crippen LogP contribution >= 0.6 is 0 Å². The Morgan fingerprint density at radius 3 is 2.33 bits per heavy atom. The van der Waals surface area contributed by atoms with Crippen molar-refractivity contribution in [1.82, 2.24) is 4.90 Å². The standard InChI is InChI=1S/C20H22N2O4S/c1-27(25,26)18-11-9-15(10-12-18)20(24)22-13-5-6-16(14-22)19(23)21-17-7-3-2-4-8-17/h2-4,7-12,16H,5-6,13-14H2,1H3,(H,21,23)/t16-/m1/s1. The van der Waals surface area contributed by atoms with Crippen molar-refractivity contribution in [1.29, 1.82) is 0 Å². The maximum absolute atomic E-state index is 12.7. The fourth-order valence-corrected chi connectivity index (χ4v) is 3.80. The molecule has 1 fully saturated rings. The number of hydrogen-bond acceptors (Lipinski definition) is 4. The number of hydrogen-bond donors (Lipinski definition) is 1. The number of benzene rings is 2. The van der Waals surface area contributed by atoms with Gasteiger partial charge in [0.05, 0.1) is 10.8 Å². The summed E-state index contributed by atoms with van der Waals surface area (Å²) in [5.41, 5.74) is 1.16. The molecular weight excluding hydrogens is 364 g/mol. The molecule has 0 saturated carbocycles. The maximum atomic E-state index is 12.7. The highest BCUT2D eigenvalue weighted by atomic mass is 32.2. The van der Waals surface area contributed by atoms with E-state index >= 15 is 0 Å². The fraction of sp³-hybridized carbons (Fsp3) is 0.300. The van der Waals surface area contributed by atoms with E-state index in [2.05, 4.69) is 5.32 Å². The van der Waals surface area contributed by atoms with Crippen LogP contribution in [0.1, 0.15) is 23.2 Å². The van der Waals surface area contributed by atoms with Crippen LogP contribution in [-0.4, -0.2) is 44.5 Å². The monoisotopic (exact) mass is 386 g/mol. The van der Waals surface area contributed by atoms with Crippen LogP contribution in [0.2, 0.25) is 0 Å². The highest BCUT2D eigenvalue weighted by Crippen LogP contribution is 2.21. The summed E-state index contributed by atoms with van der Waals surface area (Å²) in [5, 5.41) is 2.89. The van der Waals surface area contributed by atoms with Crippen LogP contribution in [0.5, 0.6) is 0 Å². The highest BCUT2D eigenvalue weighted by molar-refractivity contribution is 7.90. The van der Waals surface area contributed by atoms with E-state index in [1.165, 1.54) is 24.3 Å². The van der Waals surface area contributed by atoms with Gasteiger partial charge in [-0.15, -0.1) is 0 Å². The Morgan fingerprint density at radius 1 is 1.04 bits per heavy atom.